The second-order valence-electron chi connectivity index (χ2n) is 4.38. The molecular formula is C14H14N4O. The van der Waals surface area contributed by atoms with Gasteiger partial charge in [-0.05, 0) is 30.7 Å². The number of nitrogens with zero attached hydrogens (tertiary/aromatic N) is 3. The molecule has 1 aromatic carbocycles. The smallest absolute Gasteiger partial charge is 0.184 e. The molecule has 3 aromatic rings. The van der Waals surface area contributed by atoms with E-state index >= 15 is 0 Å². The Bertz CT molecular complexity index is 706. The van der Waals surface area contributed by atoms with Gasteiger partial charge in [0.2, 0.25) is 0 Å². The summed E-state index contributed by atoms with van der Waals surface area (Å²) in [4.78, 5) is 0. The normalized spacial score (nSPS) is 10.8. The highest BCUT2D eigenvalue weighted by molar-refractivity contribution is 5.64. The largest absolute Gasteiger partial charge is 0.486 e. The molecule has 2 N–H and O–H groups in total. The van der Waals surface area contributed by atoms with E-state index in [9.17, 15) is 0 Å². The van der Waals surface area contributed by atoms with Gasteiger partial charge in [-0.15, -0.1) is 10.2 Å². The fourth-order valence-electron chi connectivity index (χ4n) is 1.97. The number of hydrogen-bond donors (Lipinski definition) is 1. The van der Waals surface area contributed by atoms with Crippen LogP contribution in [0.2, 0.25) is 0 Å². The summed E-state index contributed by atoms with van der Waals surface area (Å²) in [6.45, 7) is 2.34. The van der Waals surface area contributed by atoms with E-state index in [0.717, 1.165) is 17.1 Å². The highest BCUT2D eigenvalue weighted by Crippen LogP contribution is 2.16. The van der Waals surface area contributed by atoms with Crippen LogP contribution >= 0.6 is 0 Å². The Morgan fingerprint density at radius 3 is 2.79 bits per heavy atom. The first-order valence-corrected chi connectivity index (χ1v) is 6.01. The number of hydrogen-bond acceptors (Lipinski definition) is 4. The number of ether oxygens (including phenoxy) is 1. The Kier molecular flexibility index (Phi) is 2.79. The monoisotopic (exact) mass is 254 g/mol. The molecule has 5 heteroatoms. The van der Waals surface area contributed by atoms with Gasteiger partial charge in [-0.25, -0.2) is 0 Å². The fourth-order valence-corrected chi connectivity index (χ4v) is 1.97. The molecule has 19 heavy (non-hydrogen) atoms. The van der Waals surface area contributed by atoms with Crippen molar-refractivity contribution in [2.75, 3.05) is 5.73 Å². The predicted octanol–water partition coefficient (Wildman–Crippen LogP) is 2.20. The molecule has 0 saturated heterocycles. The van der Waals surface area contributed by atoms with Gasteiger partial charge in [-0.2, -0.15) is 0 Å². The lowest BCUT2D eigenvalue weighted by Gasteiger charge is -2.05. The topological polar surface area (TPSA) is 65.4 Å². The number of nitrogens with two attached hydrogens (primary N) is 1. The van der Waals surface area contributed by atoms with Crippen LogP contribution in [0.5, 0.6) is 5.75 Å². The summed E-state index contributed by atoms with van der Waals surface area (Å²) in [5.41, 5.74) is 8.26. The van der Waals surface area contributed by atoms with Crippen molar-refractivity contribution in [2.45, 2.75) is 13.5 Å². The molecule has 2 heterocycles. The van der Waals surface area contributed by atoms with Crippen molar-refractivity contribution in [3.05, 3.63) is 54.0 Å². The molecule has 0 aliphatic carbocycles. The lowest BCUT2D eigenvalue weighted by molar-refractivity contribution is 0.294. The van der Waals surface area contributed by atoms with Crippen LogP contribution in [0.1, 0.15) is 11.4 Å². The average Bonchev–Trinajstić information content (AvgIpc) is 2.81. The van der Waals surface area contributed by atoms with E-state index in [1.54, 1.807) is 0 Å². The van der Waals surface area contributed by atoms with Crippen molar-refractivity contribution >= 4 is 11.3 Å². The molecule has 96 valence electrons. The van der Waals surface area contributed by atoms with E-state index < -0.39 is 0 Å². The number of nitrogen functional groups attached to an aromatic ring is 1. The first kappa shape index (κ1) is 11.5. The van der Waals surface area contributed by atoms with Crippen molar-refractivity contribution in [1.29, 1.82) is 0 Å². The zero-order valence-corrected chi connectivity index (χ0v) is 10.6. The molecule has 0 spiro atoms. The fraction of sp³-hybridized carbons (Fsp3) is 0.143. The van der Waals surface area contributed by atoms with Gasteiger partial charge >= 0.3 is 0 Å². The maximum absolute atomic E-state index is 5.91. The number of para-hydroxylation sites is 1. The van der Waals surface area contributed by atoms with E-state index in [1.165, 1.54) is 0 Å². The molecule has 0 aliphatic heterocycles. The van der Waals surface area contributed by atoms with E-state index in [-0.39, 0.29) is 0 Å². The summed E-state index contributed by atoms with van der Waals surface area (Å²) in [7, 11) is 0. The number of aryl methyl sites for hydroxylation is 1. The summed E-state index contributed by atoms with van der Waals surface area (Å²) < 4.78 is 7.54. The van der Waals surface area contributed by atoms with E-state index in [4.69, 9.17) is 10.5 Å². The average molecular weight is 254 g/mol. The summed E-state index contributed by atoms with van der Waals surface area (Å²) in [6, 6.07) is 11.5. The van der Waals surface area contributed by atoms with Crippen molar-refractivity contribution in [2.24, 2.45) is 0 Å². The Balaban J connectivity index is 1.89. The Morgan fingerprint density at radius 2 is 2.00 bits per heavy atom. The third kappa shape index (κ3) is 2.22. The summed E-state index contributed by atoms with van der Waals surface area (Å²) in [5, 5.41) is 8.20. The lowest BCUT2D eigenvalue weighted by Crippen LogP contribution is -2.02. The molecule has 5 nitrogen and oxygen atoms in total. The van der Waals surface area contributed by atoms with Crippen LogP contribution in [0.4, 0.5) is 5.69 Å². The van der Waals surface area contributed by atoms with Gasteiger partial charge in [0.25, 0.3) is 0 Å². The van der Waals surface area contributed by atoms with Gasteiger partial charge in [0.15, 0.2) is 11.5 Å². The van der Waals surface area contributed by atoms with E-state index in [1.807, 2.05) is 53.9 Å². The number of aromatic nitrogens is 3. The number of pyridine rings is 1. The van der Waals surface area contributed by atoms with Gasteiger partial charge in [0, 0.05) is 6.20 Å². The maximum atomic E-state index is 5.91. The van der Waals surface area contributed by atoms with Gasteiger partial charge < -0.3 is 10.5 Å². The third-order valence-electron chi connectivity index (χ3n) is 2.85. The highest BCUT2D eigenvalue weighted by Gasteiger charge is 2.09. The summed E-state index contributed by atoms with van der Waals surface area (Å²) >= 11 is 0. The van der Waals surface area contributed by atoms with Gasteiger partial charge in [0.05, 0.1) is 5.69 Å². The molecule has 0 fully saturated rings. The maximum Gasteiger partial charge on any atom is 0.184 e. The van der Waals surface area contributed by atoms with Crippen molar-refractivity contribution < 1.29 is 4.74 Å². The molecule has 3 rings (SSSR count). The van der Waals surface area contributed by atoms with Crippen LogP contribution < -0.4 is 10.5 Å². The third-order valence-corrected chi connectivity index (χ3v) is 2.85. The number of fused-ring (bicyclic) bond motifs is 1. The van der Waals surface area contributed by atoms with Crippen molar-refractivity contribution in [1.82, 2.24) is 14.6 Å². The minimum atomic E-state index is 0.355. The Labute approximate surface area is 110 Å². The summed E-state index contributed by atoms with van der Waals surface area (Å²) in [6.07, 6.45) is 1.95. The minimum absolute atomic E-state index is 0.355. The van der Waals surface area contributed by atoms with Crippen LogP contribution in [0.25, 0.3) is 5.65 Å². The SMILES string of the molecule is Cc1cc(N)c2nnc(COc3ccccc3)n2c1. The molecular weight excluding hydrogens is 240 g/mol. The zero-order valence-electron chi connectivity index (χ0n) is 10.6. The van der Waals surface area contributed by atoms with E-state index in [0.29, 0.717) is 17.9 Å². The van der Waals surface area contributed by atoms with Crippen LogP contribution in [0.15, 0.2) is 42.6 Å². The predicted molar refractivity (Wildman–Crippen MR) is 72.9 cm³/mol. The molecule has 0 bridgehead atoms. The van der Waals surface area contributed by atoms with Gasteiger partial charge in [-0.3, -0.25) is 4.40 Å². The minimum Gasteiger partial charge on any atom is -0.486 e. The Hall–Kier alpha value is -2.56. The van der Waals surface area contributed by atoms with Crippen molar-refractivity contribution in [3.63, 3.8) is 0 Å². The standard InChI is InChI=1S/C14H14N4O/c1-10-7-12(15)14-17-16-13(18(14)8-10)9-19-11-5-3-2-4-6-11/h2-8H,9,15H2,1H3. The van der Waals surface area contributed by atoms with Crippen LogP contribution in [0, 0.1) is 6.92 Å². The summed E-state index contributed by atoms with van der Waals surface area (Å²) in [5.74, 6) is 1.54. The van der Waals surface area contributed by atoms with Gasteiger partial charge in [-0.1, -0.05) is 18.2 Å². The highest BCUT2D eigenvalue weighted by atomic mass is 16.5. The quantitative estimate of drug-likeness (QED) is 0.778. The molecule has 0 radical (unpaired) electrons. The van der Waals surface area contributed by atoms with Gasteiger partial charge in [0.1, 0.15) is 12.4 Å². The lowest BCUT2D eigenvalue weighted by atomic mass is 10.3. The molecule has 0 saturated carbocycles. The molecule has 0 aliphatic rings. The molecule has 0 amide bonds. The number of anilines is 1. The van der Waals surface area contributed by atoms with Crippen LogP contribution in [-0.2, 0) is 6.61 Å². The molecule has 2 aromatic heterocycles. The second kappa shape index (κ2) is 4.61. The zero-order chi connectivity index (χ0) is 13.2. The first-order chi connectivity index (χ1) is 9.24. The Morgan fingerprint density at radius 1 is 1.21 bits per heavy atom. The van der Waals surface area contributed by atoms with Crippen LogP contribution in [-0.4, -0.2) is 14.6 Å². The van der Waals surface area contributed by atoms with Crippen LogP contribution in [0.3, 0.4) is 0 Å². The second-order valence-corrected chi connectivity index (χ2v) is 4.38. The number of benzene rings is 1. The van der Waals surface area contributed by atoms with E-state index in [2.05, 4.69) is 10.2 Å². The molecule has 0 atom stereocenters. The molecule has 0 unspecified atom stereocenters. The van der Waals surface area contributed by atoms with Crippen molar-refractivity contribution in [3.8, 4) is 5.75 Å². The number of rotatable bonds is 3. The first-order valence-electron chi connectivity index (χ1n) is 6.01.